The van der Waals surface area contributed by atoms with Gasteiger partial charge in [0, 0.05) is 0 Å². The average molecular weight is 323 g/mol. The first-order valence-corrected chi connectivity index (χ1v) is 9.76. The minimum atomic E-state index is 0.597. The molecule has 2 rings (SSSR count). The molecule has 130 valence electrons. The Bertz CT molecular complexity index is 651. The summed E-state index contributed by atoms with van der Waals surface area (Å²) in [5.74, 6) is 1.23. The lowest BCUT2D eigenvalue weighted by Gasteiger charge is -2.26. The van der Waals surface area contributed by atoms with E-state index in [0.29, 0.717) is 11.8 Å². The van der Waals surface area contributed by atoms with Gasteiger partial charge < -0.3 is 0 Å². The van der Waals surface area contributed by atoms with Gasteiger partial charge in [0.2, 0.25) is 0 Å². The highest BCUT2D eigenvalue weighted by Crippen LogP contribution is 2.40. The number of benzene rings is 2. The van der Waals surface area contributed by atoms with Crippen molar-refractivity contribution in [2.75, 3.05) is 0 Å². The lowest BCUT2D eigenvalue weighted by molar-refractivity contribution is 0.699. The fourth-order valence-electron chi connectivity index (χ4n) is 3.85. The first-order chi connectivity index (χ1) is 11.5. The molecule has 0 heteroatoms. The van der Waals surface area contributed by atoms with Crippen LogP contribution in [0.2, 0.25) is 0 Å². The standard InChI is InChI=1S/C24H34/c1-7-13-21-16-22(17(4)8-2)19(6)23(18(5)9-3)24(21)20-14-11-10-12-15-20/h10-12,14-18H,7-9,13H2,1-6H3. The van der Waals surface area contributed by atoms with Crippen molar-refractivity contribution in [3.8, 4) is 11.1 Å². The monoisotopic (exact) mass is 322 g/mol. The molecule has 2 unspecified atom stereocenters. The van der Waals surface area contributed by atoms with E-state index in [0.717, 1.165) is 6.42 Å². The molecule has 2 atom stereocenters. The fraction of sp³-hybridized carbons (Fsp3) is 0.500. The van der Waals surface area contributed by atoms with Gasteiger partial charge in [-0.3, -0.25) is 0 Å². The third-order valence-electron chi connectivity index (χ3n) is 5.59. The Hall–Kier alpha value is -1.56. The summed E-state index contributed by atoms with van der Waals surface area (Å²) in [7, 11) is 0. The number of rotatable bonds is 7. The first-order valence-electron chi connectivity index (χ1n) is 9.76. The van der Waals surface area contributed by atoms with Crippen LogP contribution in [0.3, 0.4) is 0 Å². The summed E-state index contributed by atoms with van der Waals surface area (Å²) >= 11 is 0. The van der Waals surface area contributed by atoms with Crippen LogP contribution in [-0.2, 0) is 6.42 Å². The molecule has 0 aromatic heterocycles. The van der Waals surface area contributed by atoms with Gasteiger partial charge in [0.1, 0.15) is 0 Å². The van der Waals surface area contributed by atoms with Crippen LogP contribution in [-0.4, -0.2) is 0 Å². The molecule has 0 bridgehead atoms. The van der Waals surface area contributed by atoms with Crippen LogP contribution in [0.15, 0.2) is 36.4 Å². The van der Waals surface area contributed by atoms with Crippen molar-refractivity contribution < 1.29 is 0 Å². The van der Waals surface area contributed by atoms with Crippen LogP contribution >= 0.6 is 0 Å². The summed E-state index contributed by atoms with van der Waals surface area (Å²) in [4.78, 5) is 0. The van der Waals surface area contributed by atoms with E-state index in [-0.39, 0.29) is 0 Å². The summed E-state index contributed by atoms with van der Waals surface area (Å²) in [6, 6.07) is 13.5. The molecule has 0 saturated heterocycles. The van der Waals surface area contributed by atoms with E-state index >= 15 is 0 Å². The number of hydrogen-bond acceptors (Lipinski definition) is 0. The van der Waals surface area contributed by atoms with Crippen molar-refractivity contribution in [2.45, 2.75) is 79.1 Å². The van der Waals surface area contributed by atoms with Crippen LogP contribution in [0.1, 0.15) is 88.0 Å². The Morgan fingerprint density at radius 2 is 1.50 bits per heavy atom. The highest BCUT2D eigenvalue weighted by molar-refractivity contribution is 5.74. The molecular formula is C24H34. The number of hydrogen-bond donors (Lipinski definition) is 0. The van der Waals surface area contributed by atoms with E-state index in [1.165, 1.54) is 36.0 Å². The van der Waals surface area contributed by atoms with Crippen molar-refractivity contribution in [3.63, 3.8) is 0 Å². The molecule has 0 radical (unpaired) electrons. The highest BCUT2D eigenvalue weighted by Gasteiger charge is 2.21. The maximum Gasteiger partial charge on any atom is -0.0114 e. The lowest BCUT2D eigenvalue weighted by Crippen LogP contribution is -2.08. The molecule has 0 spiro atoms. The highest BCUT2D eigenvalue weighted by atomic mass is 14.3. The smallest absolute Gasteiger partial charge is 0.0114 e. The van der Waals surface area contributed by atoms with Crippen molar-refractivity contribution in [1.82, 2.24) is 0 Å². The van der Waals surface area contributed by atoms with E-state index in [4.69, 9.17) is 0 Å². The second-order valence-corrected chi connectivity index (χ2v) is 7.27. The zero-order valence-corrected chi connectivity index (χ0v) is 16.4. The molecule has 24 heavy (non-hydrogen) atoms. The van der Waals surface area contributed by atoms with Crippen molar-refractivity contribution in [3.05, 3.63) is 58.7 Å². The SMILES string of the molecule is CCCc1cc(C(C)CC)c(C)c(C(C)CC)c1-c1ccccc1. The van der Waals surface area contributed by atoms with Gasteiger partial charge in [0.05, 0.1) is 0 Å². The van der Waals surface area contributed by atoms with Crippen LogP contribution in [0.4, 0.5) is 0 Å². The molecule has 0 amide bonds. The van der Waals surface area contributed by atoms with Crippen LogP contribution in [0.25, 0.3) is 11.1 Å². The molecule has 0 aliphatic rings. The van der Waals surface area contributed by atoms with Crippen molar-refractivity contribution in [1.29, 1.82) is 0 Å². The van der Waals surface area contributed by atoms with Gasteiger partial charge in [-0.1, -0.05) is 77.4 Å². The predicted molar refractivity (Wildman–Crippen MR) is 108 cm³/mol. The number of aryl methyl sites for hydroxylation is 1. The molecule has 0 saturated carbocycles. The Morgan fingerprint density at radius 3 is 2.04 bits per heavy atom. The zero-order chi connectivity index (χ0) is 17.7. The van der Waals surface area contributed by atoms with Gasteiger partial charge in [-0.25, -0.2) is 0 Å². The third-order valence-corrected chi connectivity index (χ3v) is 5.59. The summed E-state index contributed by atoms with van der Waals surface area (Å²) in [5.41, 5.74) is 9.12. The van der Waals surface area contributed by atoms with Crippen LogP contribution < -0.4 is 0 Å². The summed E-state index contributed by atoms with van der Waals surface area (Å²) in [5, 5.41) is 0. The predicted octanol–water partition coefficient (Wildman–Crippen LogP) is 7.64. The maximum absolute atomic E-state index is 2.52. The minimum absolute atomic E-state index is 0.597. The van der Waals surface area contributed by atoms with Gasteiger partial charge in [-0.15, -0.1) is 0 Å². The molecular weight excluding hydrogens is 288 g/mol. The van der Waals surface area contributed by atoms with E-state index < -0.39 is 0 Å². The molecule has 0 aliphatic heterocycles. The second kappa shape index (κ2) is 8.51. The van der Waals surface area contributed by atoms with Gasteiger partial charge in [0.15, 0.2) is 0 Å². The van der Waals surface area contributed by atoms with E-state index in [9.17, 15) is 0 Å². The minimum Gasteiger partial charge on any atom is -0.0651 e. The summed E-state index contributed by atoms with van der Waals surface area (Å²) < 4.78 is 0. The van der Waals surface area contributed by atoms with E-state index in [1.807, 2.05) is 0 Å². The Balaban J connectivity index is 2.81. The van der Waals surface area contributed by atoms with Gasteiger partial charge >= 0.3 is 0 Å². The van der Waals surface area contributed by atoms with Gasteiger partial charge in [-0.05, 0) is 71.4 Å². The van der Waals surface area contributed by atoms with Gasteiger partial charge in [0.25, 0.3) is 0 Å². The van der Waals surface area contributed by atoms with Crippen molar-refractivity contribution in [2.24, 2.45) is 0 Å². The van der Waals surface area contributed by atoms with E-state index in [2.05, 4.69) is 77.9 Å². The maximum atomic E-state index is 2.52. The quantitative estimate of drug-likeness (QED) is 0.491. The molecule has 0 N–H and O–H groups in total. The second-order valence-electron chi connectivity index (χ2n) is 7.27. The molecule has 2 aromatic carbocycles. The molecule has 0 heterocycles. The van der Waals surface area contributed by atoms with E-state index in [1.54, 1.807) is 16.7 Å². The summed E-state index contributed by atoms with van der Waals surface area (Å²) in [6.45, 7) is 14.0. The van der Waals surface area contributed by atoms with Crippen molar-refractivity contribution >= 4 is 0 Å². The molecule has 2 aromatic rings. The normalized spacial score (nSPS) is 13.8. The fourth-order valence-corrected chi connectivity index (χ4v) is 3.85. The molecule has 0 fully saturated rings. The first kappa shape index (κ1) is 18.8. The average Bonchev–Trinajstić information content (AvgIpc) is 2.62. The molecule has 0 aliphatic carbocycles. The third kappa shape index (κ3) is 3.74. The lowest BCUT2D eigenvalue weighted by atomic mass is 9.78. The topological polar surface area (TPSA) is 0 Å². The molecule has 0 nitrogen and oxygen atoms in total. The largest absolute Gasteiger partial charge is 0.0651 e. The Morgan fingerprint density at radius 1 is 0.875 bits per heavy atom. The van der Waals surface area contributed by atoms with Gasteiger partial charge in [-0.2, -0.15) is 0 Å². The summed E-state index contributed by atoms with van der Waals surface area (Å²) in [6.07, 6.45) is 4.76. The van der Waals surface area contributed by atoms with Crippen LogP contribution in [0, 0.1) is 6.92 Å². The Kier molecular flexibility index (Phi) is 6.66. The zero-order valence-electron chi connectivity index (χ0n) is 16.4. The van der Waals surface area contributed by atoms with Crippen LogP contribution in [0.5, 0.6) is 0 Å². The Labute approximate surface area is 149 Å².